The highest BCUT2D eigenvalue weighted by Gasteiger charge is 2.29. The molecule has 2 heterocycles. The third-order valence-electron chi connectivity index (χ3n) is 7.42. The zero-order valence-electron chi connectivity index (χ0n) is 19.9. The Labute approximate surface area is 203 Å². The lowest BCUT2D eigenvalue weighted by Gasteiger charge is -2.27. The number of nitrogens with one attached hydrogen (secondary N) is 2. The van der Waals surface area contributed by atoms with Gasteiger partial charge in [0.05, 0.1) is 5.52 Å². The van der Waals surface area contributed by atoms with Crippen LogP contribution in [0.4, 0.5) is 0 Å². The van der Waals surface area contributed by atoms with Gasteiger partial charge in [0, 0.05) is 27.7 Å². The molecule has 1 saturated carbocycles. The van der Waals surface area contributed by atoms with Gasteiger partial charge in [0.1, 0.15) is 11.6 Å². The first kappa shape index (κ1) is 21.7. The van der Waals surface area contributed by atoms with Crippen molar-refractivity contribution in [3.8, 4) is 0 Å². The number of hydrogen-bond acceptors (Lipinski definition) is 2. The summed E-state index contributed by atoms with van der Waals surface area (Å²) in [7, 11) is 0. The van der Waals surface area contributed by atoms with Crippen LogP contribution >= 0.6 is 0 Å². The lowest BCUT2D eigenvalue weighted by Crippen LogP contribution is -2.43. The molecular weight excluding hydrogens is 434 g/mol. The normalized spacial score (nSPS) is 15.6. The van der Waals surface area contributed by atoms with E-state index in [0.717, 1.165) is 64.0 Å². The predicted molar refractivity (Wildman–Crippen MR) is 142 cm³/mol. The van der Waals surface area contributed by atoms with Gasteiger partial charge in [0.2, 0.25) is 5.91 Å². The molecule has 2 N–H and O–H groups in total. The smallest absolute Gasteiger partial charge is 0.276 e. The number of aryl methyl sites for hydroxylation is 1. The van der Waals surface area contributed by atoms with E-state index in [1.807, 2.05) is 79.7 Å². The maximum absolute atomic E-state index is 14.1. The number of benzene rings is 3. The lowest BCUT2D eigenvalue weighted by molar-refractivity contribution is -0.124. The molecule has 1 aliphatic rings. The van der Waals surface area contributed by atoms with Crippen molar-refractivity contribution in [3.05, 3.63) is 94.3 Å². The van der Waals surface area contributed by atoms with Crippen LogP contribution in [0, 0.1) is 6.92 Å². The van der Waals surface area contributed by atoms with Crippen molar-refractivity contribution in [1.29, 1.82) is 0 Å². The molecule has 1 aliphatic carbocycles. The molecule has 6 rings (SSSR count). The second-order valence-electron chi connectivity index (χ2n) is 9.77. The summed E-state index contributed by atoms with van der Waals surface area (Å²) in [6.07, 6.45) is 5.45. The number of aromatic amines is 1. The first-order valence-electron chi connectivity index (χ1n) is 12.5. The molecule has 0 spiro atoms. The summed E-state index contributed by atoms with van der Waals surface area (Å²) in [4.78, 5) is 31.4. The number of fused-ring (bicyclic) bond motifs is 5. The summed E-state index contributed by atoms with van der Waals surface area (Å²) in [5, 5.41) is 6.17. The average Bonchev–Trinajstić information content (AvgIpc) is 3.28. The van der Waals surface area contributed by atoms with E-state index in [0.29, 0.717) is 5.52 Å². The monoisotopic (exact) mass is 463 g/mol. The minimum Gasteiger partial charge on any atom is -0.351 e. The molecule has 35 heavy (non-hydrogen) atoms. The molecule has 3 aromatic carbocycles. The van der Waals surface area contributed by atoms with Crippen molar-refractivity contribution in [1.82, 2.24) is 14.9 Å². The lowest BCUT2D eigenvalue weighted by atomic mass is 9.94. The van der Waals surface area contributed by atoms with Gasteiger partial charge < -0.3 is 10.3 Å². The van der Waals surface area contributed by atoms with Crippen LogP contribution in [0.25, 0.3) is 32.7 Å². The third-order valence-corrected chi connectivity index (χ3v) is 7.42. The topological polar surface area (TPSA) is 66.9 Å². The quantitative estimate of drug-likeness (QED) is 0.344. The van der Waals surface area contributed by atoms with Crippen LogP contribution in [0.5, 0.6) is 0 Å². The second-order valence-corrected chi connectivity index (χ2v) is 9.77. The van der Waals surface area contributed by atoms with Gasteiger partial charge in [-0.3, -0.25) is 14.2 Å². The van der Waals surface area contributed by atoms with Crippen molar-refractivity contribution in [3.63, 3.8) is 0 Å². The van der Waals surface area contributed by atoms with E-state index < -0.39 is 6.04 Å². The van der Waals surface area contributed by atoms with Crippen LogP contribution in [-0.4, -0.2) is 21.5 Å². The van der Waals surface area contributed by atoms with Crippen LogP contribution in [0.15, 0.2) is 77.6 Å². The highest BCUT2D eigenvalue weighted by molar-refractivity contribution is 6.19. The highest BCUT2D eigenvalue weighted by atomic mass is 16.2. The van der Waals surface area contributed by atoms with Crippen LogP contribution in [0.3, 0.4) is 0 Å². The largest absolute Gasteiger partial charge is 0.351 e. The summed E-state index contributed by atoms with van der Waals surface area (Å²) in [6, 6.07) is 23.2. The molecule has 176 valence electrons. The summed E-state index contributed by atoms with van der Waals surface area (Å²) >= 11 is 0. The summed E-state index contributed by atoms with van der Waals surface area (Å²) in [6.45, 7) is 2.03. The second kappa shape index (κ2) is 8.73. The van der Waals surface area contributed by atoms with Gasteiger partial charge >= 0.3 is 0 Å². The van der Waals surface area contributed by atoms with Crippen LogP contribution < -0.4 is 10.9 Å². The van der Waals surface area contributed by atoms with E-state index in [2.05, 4.69) is 10.3 Å². The fraction of sp³-hybridized carbons (Fsp3) is 0.267. The van der Waals surface area contributed by atoms with Crippen LogP contribution in [0.1, 0.15) is 49.3 Å². The number of carbonyl (C=O) groups is 1. The Bertz CT molecular complexity index is 1600. The zero-order chi connectivity index (χ0) is 23.9. The van der Waals surface area contributed by atoms with Gasteiger partial charge in [-0.15, -0.1) is 0 Å². The molecule has 0 radical (unpaired) electrons. The van der Waals surface area contributed by atoms with Crippen molar-refractivity contribution >= 4 is 38.6 Å². The Morgan fingerprint density at radius 3 is 2.37 bits per heavy atom. The van der Waals surface area contributed by atoms with Crippen molar-refractivity contribution in [2.24, 2.45) is 0 Å². The first-order chi connectivity index (χ1) is 17.1. The van der Waals surface area contributed by atoms with Gasteiger partial charge in [0.25, 0.3) is 5.56 Å². The molecule has 1 atom stereocenters. The average molecular weight is 464 g/mol. The Kier molecular flexibility index (Phi) is 5.40. The molecule has 5 aromatic rings. The number of carbonyl (C=O) groups excluding carboxylic acids is 1. The van der Waals surface area contributed by atoms with E-state index in [1.54, 1.807) is 4.57 Å². The third kappa shape index (κ3) is 3.72. The number of rotatable bonds is 4. The molecule has 0 bridgehead atoms. The number of H-pyrrole nitrogens is 1. The standard InChI is InChI=1S/C30H29N3O2/c1-19-15-17-20(18-16-19)28(29(34)31-21-9-3-2-4-10-21)33-25-14-8-6-12-23(25)26-22-11-5-7-13-24(22)32-27(26)30(33)35/h5-8,11-18,21,28,32H,2-4,9-10H2,1H3,(H,31,34). The van der Waals surface area contributed by atoms with E-state index in [-0.39, 0.29) is 17.5 Å². The summed E-state index contributed by atoms with van der Waals surface area (Å²) in [5.41, 5.74) is 3.96. The number of para-hydroxylation sites is 2. The first-order valence-corrected chi connectivity index (χ1v) is 12.5. The minimum atomic E-state index is -0.759. The van der Waals surface area contributed by atoms with Gasteiger partial charge in [-0.05, 0) is 37.5 Å². The molecule has 5 nitrogen and oxygen atoms in total. The molecule has 0 aliphatic heterocycles. The molecule has 2 aromatic heterocycles. The van der Waals surface area contributed by atoms with Crippen molar-refractivity contribution in [2.45, 2.75) is 51.1 Å². The van der Waals surface area contributed by atoms with Crippen LogP contribution in [-0.2, 0) is 4.79 Å². The maximum atomic E-state index is 14.1. The molecular formula is C30H29N3O2. The number of amides is 1. The molecule has 1 amide bonds. The van der Waals surface area contributed by atoms with Gasteiger partial charge in [-0.2, -0.15) is 0 Å². The van der Waals surface area contributed by atoms with Gasteiger partial charge in [0.15, 0.2) is 0 Å². The number of aromatic nitrogens is 2. The van der Waals surface area contributed by atoms with E-state index >= 15 is 0 Å². The Hall–Kier alpha value is -3.86. The fourth-order valence-corrected chi connectivity index (χ4v) is 5.66. The van der Waals surface area contributed by atoms with Crippen molar-refractivity contribution < 1.29 is 4.79 Å². The minimum absolute atomic E-state index is 0.122. The maximum Gasteiger partial charge on any atom is 0.276 e. The van der Waals surface area contributed by atoms with Gasteiger partial charge in [-0.1, -0.05) is 85.5 Å². The Morgan fingerprint density at radius 2 is 1.60 bits per heavy atom. The Morgan fingerprint density at radius 1 is 0.914 bits per heavy atom. The summed E-state index contributed by atoms with van der Waals surface area (Å²) < 4.78 is 1.69. The Balaban J connectivity index is 1.62. The molecule has 1 unspecified atom stereocenters. The van der Waals surface area contributed by atoms with E-state index in [1.165, 1.54) is 6.42 Å². The number of hydrogen-bond donors (Lipinski definition) is 2. The number of pyridine rings is 1. The fourth-order valence-electron chi connectivity index (χ4n) is 5.66. The molecule has 5 heteroatoms. The predicted octanol–water partition coefficient (Wildman–Crippen LogP) is 5.98. The van der Waals surface area contributed by atoms with Crippen LogP contribution in [0.2, 0.25) is 0 Å². The SMILES string of the molecule is Cc1ccc(C(C(=O)NC2CCCCC2)n2c(=O)c3[nH]c4ccccc4c3c3ccccc32)cc1. The highest BCUT2D eigenvalue weighted by Crippen LogP contribution is 2.33. The van der Waals surface area contributed by atoms with Crippen molar-refractivity contribution in [2.75, 3.05) is 0 Å². The zero-order valence-corrected chi connectivity index (χ0v) is 19.9. The summed E-state index contributed by atoms with van der Waals surface area (Å²) in [5.74, 6) is -0.122. The van der Waals surface area contributed by atoms with E-state index in [4.69, 9.17) is 0 Å². The molecule has 1 fully saturated rings. The van der Waals surface area contributed by atoms with E-state index in [9.17, 15) is 9.59 Å². The number of nitrogens with zero attached hydrogens (tertiary/aromatic N) is 1. The van der Waals surface area contributed by atoms with Gasteiger partial charge in [-0.25, -0.2) is 0 Å². The molecule has 0 saturated heterocycles.